The van der Waals surface area contributed by atoms with Gasteiger partial charge in [0.05, 0.1) is 25.1 Å². The van der Waals surface area contributed by atoms with E-state index in [9.17, 15) is 0 Å². The van der Waals surface area contributed by atoms with E-state index < -0.39 is 0 Å². The fourth-order valence-electron chi connectivity index (χ4n) is 3.22. The Labute approximate surface area is 158 Å². The van der Waals surface area contributed by atoms with Crippen LogP contribution in [-0.4, -0.2) is 40.9 Å². The Morgan fingerprint density at radius 3 is 2.50 bits per heavy atom. The topological polar surface area (TPSA) is 42.7 Å². The van der Waals surface area contributed by atoms with Crippen LogP contribution >= 0.6 is 11.6 Å². The number of morpholine rings is 1. The van der Waals surface area contributed by atoms with Crippen LogP contribution in [0.2, 0.25) is 5.02 Å². The summed E-state index contributed by atoms with van der Waals surface area (Å²) >= 11 is 6.44. The van der Waals surface area contributed by atoms with E-state index in [2.05, 4.69) is 36.8 Å². The van der Waals surface area contributed by atoms with E-state index in [0.717, 1.165) is 54.6 Å². The molecule has 1 aliphatic rings. The van der Waals surface area contributed by atoms with Gasteiger partial charge in [-0.3, -0.25) is 0 Å². The maximum Gasteiger partial charge on any atom is 0.165 e. The molecule has 0 aliphatic carbocycles. The summed E-state index contributed by atoms with van der Waals surface area (Å²) < 4.78 is 7.45. The second kappa shape index (κ2) is 6.56. The molecule has 3 aromatic rings. The second-order valence-corrected chi connectivity index (χ2v) is 8.03. The highest BCUT2D eigenvalue weighted by Crippen LogP contribution is 2.34. The lowest BCUT2D eigenvalue weighted by molar-refractivity contribution is 0.122. The number of aromatic nitrogens is 3. The maximum absolute atomic E-state index is 6.44. The molecule has 0 spiro atoms. The van der Waals surface area contributed by atoms with Crippen LogP contribution in [0.3, 0.4) is 0 Å². The molecule has 0 unspecified atom stereocenters. The summed E-state index contributed by atoms with van der Waals surface area (Å²) in [4.78, 5) is 7.28. The van der Waals surface area contributed by atoms with Crippen LogP contribution in [0.1, 0.15) is 26.5 Å². The molecule has 1 aliphatic heterocycles. The van der Waals surface area contributed by atoms with Gasteiger partial charge in [0.15, 0.2) is 5.65 Å². The van der Waals surface area contributed by atoms with Gasteiger partial charge in [-0.2, -0.15) is 9.61 Å². The molecule has 0 atom stereocenters. The maximum atomic E-state index is 6.44. The molecule has 0 N–H and O–H groups in total. The lowest BCUT2D eigenvalue weighted by atomic mass is 9.91. The van der Waals surface area contributed by atoms with Gasteiger partial charge >= 0.3 is 0 Å². The quantitative estimate of drug-likeness (QED) is 0.678. The summed E-state index contributed by atoms with van der Waals surface area (Å²) in [6.07, 6.45) is 1.86. The number of benzene rings is 1. The molecule has 26 heavy (non-hydrogen) atoms. The molecule has 2 aromatic heterocycles. The molecule has 3 heterocycles. The van der Waals surface area contributed by atoms with Crippen molar-refractivity contribution in [1.29, 1.82) is 0 Å². The van der Waals surface area contributed by atoms with E-state index in [0.29, 0.717) is 5.02 Å². The Morgan fingerprint density at radius 1 is 1.08 bits per heavy atom. The number of halogens is 1. The summed E-state index contributed by atoms with van der Waals surface area (Å²) in [5.41, 5.74) is 3.73. The first kappa shape index (κ1) is 17.3. The van der Waals surface area contributed by atoms with Crippen LogP contribution in [-0.2, 0) is 10.2 Å². The molecule has 0 bridgehead atoms. The van der Waals surface area contributed by atoms with Crippen LogP contribution in [0.4, 0.5) is 5.82 Å². The number of nitrogens with zero attached hydrogens (tertiary/aromatic N) is 4. The van der Waals surface area contributed by atoms with Crippen molar-refractivity contribution in [2.45, 2.75) is 26.2 Å². The van der Waals surface area contributed by atoms with Crippen molar-refractivity contribution in [1.82, 2.24) is 14.6 Å². The highest BCUT2D eigenvalue weighted by atomic mass is 35.5. The van der Waals surface area contributed by atoms with Gasteiger partial charge in [-0.1, -0.05) is 50.6 Å². The van der Waals surface area contributed by atoms with Gasteiger partial charge in [0, 0.05) is 40.7 Å². The average molecular weight is 371 g/mol. The van der Waals surface area contributed by atoms with Crippen molar-refractivity contribution in [2.75, 3.05) is 31.2 Å². The number of hydrogen-bond donors (Lipinski definition) is 0. The van der Waals surface area contributed by atoms with Crippen LogP contribution in [0, 0.1) is 0 Å². The van der Waals surface area contributed by atoms with Crippen molar-refractivity contribution in [3.05, 3.63) is 47.2 Å². The first-order valence-electron chi connectivity index (χ1n) is 8.92. The van der Waals surface area contributed by atoms with Gasteiger partial charge in [0.1, 0.15) is 5.82 Å². The van der Waals surface area contributed by atoms with E-state index in [4.69, 9.17) is 21.3 Å². The van der Waals surface area contributed by atoms with Crippen LogP contribution in [0.15, 0.2) is 36.5 Å². The van der Waals surface area contributed by atoms with Crippen LogP contribution in [0.25, 0.3) is 16.8 Å². The molecule has 0 amide bonds. The smallest absolute Gasteiger partial charge is 0.165 e. The number of hydrogen-bond acceptors (Lipinski definition) is 4. The van der Waals surface area contributed by atoms with E-state index in [1.807, 2.05) is 35.0 Å². The van der Waals surface area contributed by atoms with Crippen molar-refractivity contribution >= 4 is 23.1 Å². The Bertz CT molecular complexity index is 939. The van der Waals surface area contributed by atoms with Crippen molar-refractivity contribution in [2.24, 2.45) is 0 Å². The lowest BCUT2D eigenvalue weighted by Gasteiger charge is -2.30. The minimum Gasteiger partial charge on any atom is -0.378 e. The first-order valence-corrected chi connectivity index (χ1v) is 9.30. The Kier molecular flexibility index (Phi) is 4.37. The highest BCUT2D eigenvalue weighted by Gasteiger charge is 2.24. The number of rotatable bonds is 2. The molecule has 5 nitrogen and oxygen atoms in total. The van der Waals surface area contributed by atoms with E-state index in [1.165, 1.54) is 0 Å². The minimum absolute atomic E-state index is 0.0647. The molecule has 1 fully saturated rings. The third kappa shape index (κ3) is 3.06. The highest BCUT2D eigenvalue weighted by molar-refractivity contribution is 6.33. The van der Waals surface area contributed by atoms with Gasteiger partial charge in [-0.15, -0.1) is 0 Å². The molecular weight excluding hydrogens is 348 g/mol. The fraction of sp³-hybridized carbons (Fsp3) is 0.400. The van der Waals surface area contributed by atoms with Crippen molar-refractivity contribution in [3.63, 3.8) is 0 Å². The first-order chi connectivity index (χ1) is 12.4. The Morgan fingerprint density at radius 2 is 1.81 bits per heavy atom. The van der Waals surface area contributed by atoms with Gasteiger partial charge in [-0.05, 0) is 6.07 Å². The standard InChI is InChI=1S/C20H23ClN4O/c1-20(2,3)17-12-18(24-8-10-26-11-9-24)25-19(23-17)15(13-22-25)14-6-4-5-7-16(14)21/h4-7,12-13H,8-11H2,1-3H3. The molecule has 0 radical (unpaired) electrons. The minimum atomic E-state index is -0.0647. The van der Waals surface area contributed by atoms with E-state index in [-0.39, 0.29) is 5.41 Å². The molecule has 0 saturated carbocycles. The van der Waals surface area contributed by atoms with Crippen molar-refractivity contribution < 1.29 is 4.74 Å². The zero-order valence-corrected chi connectivity index (χ0v) is 16.1. The predicted octanol–water partition coefficient (Wildman–Crippen LogP) is 4.18. The third-order valence-corrected chi connectivity index (χ3v) is 5.05. The SMILES string of the molecule is CC(C)(C)c1cc(N2CCOCC2)n2ncc(-c3ccccc3Cl)c2n1. The summed E-state index contributed by atoms with van der Waals surface area (Å²) in [5, 5.41) is 5.35. The van der Waals surface area contributed by atoms with Crippen LogP contribution in [0.5, 0.6) is 0 Å². The largest absolute Gasteiger partial charge is 0.378 e. The number of ether oxygens (including phenoxy) is 1. The fourth-order valence-corrected chi connectivity index (χ4v) is 3.46. The summed E-state index contributed by atoms with van der Waals surface area (Å²) in [5.74, 6) is 1.06. The van der Waals surface area contributed by atoms with Gasteiger partial charge < -0.3 is 9.64 Å². The second-order valence-electron chi connectivity index (χ2n) is 7.62. The lowest BCUT2D eigenvalue weighted by Crippen LogP contribution is -2.37. The van der Waals surface area contributed by atoms with Gasteiger partial charge in [-0.25, -0.2) is 4.98 Å². The normalized spacial score (nSPS) is 15.6. The summed E-state index contributed by atoms with van der Waals surface area (Å²) in [6, 6.07) is 9.99. The summed E-state index contributed by atoms with van der Waals surface area (Å²) in [7, 11) is 0. The molecule has 6 heteroatoms. The number of anilines is 1. The molecule has 4 rings (SSSR count). The zero-order valence-electron chi connectivity index (χ0n) is 15.4. The van der Waals surface area contributed by atoms with E-state index in [1.54, 1.807) is 0 Å². The van der Waals surface area contributed by atoms with Gasteiger partial charge in [0.2, 0.25) is 0 Å². The summed E-state index contributed by atoms with van der Waals surface area (Å²) in [6.45, 7) is 9.70. The van der Waals surface area contributed by atoms with Crippen LogP contribution < -0.4 is 4.90 Å². The molecule has 1 saturated heterocycles. The number of fused-ring (bicyclic) bond motifs is 1. The predicted molar refractivity (Wildman–Crippen MR) is 105 cm³/mol. The van der Waals surface area contributed by atoms with Gasteiger partial charge in [0.25, 0.3) is 0 Å². The Balaban J connectivity index is 1.95. The van der Waals surface area contributed by atoms with Crippen molar-refractivity contribution in [3.8, 4) is 11.1 Å². The average Bonchev–Trinajstić information content (AvgIpc) is 3.05. The Hall–Kier alpha value is -2.11. The molecule has 1 aromatic carbocycles. The van der Waals surface area contributed by atoms with E-state index >= 15 is 0 Å². The zero-order chi connectivity index (χ0) is 18.3. The molecular formula is C20H23ClN4O. The monoisotopic (exact) mass is 370 g/mol. The molecule has 136 valence electrons. The third-order valence-electron chi connectivity index (χ3n) is 4.72.